The fraction of sp³-hybridized carbons (Fsp3) is 0.417. The van der Waals surface area contributed by atoms with Crippen molar-refractivity contribution in [3.8, 4) is 0 Å². The molecule has 0 bridgehead atoms. The molecule has 96 valence electrons. The highest BCUT2D eigenvalue weighted by Crippen LogP contribution is 2.50. The molecule has 4 nitrogen and oxygen atoms in total. The van der Waals surface area contributed by atoms with Gasteiger partial charge in [0.05, 0.1) is 4.90 Å². The smallest absolute Gasteiger partial charge is 0.224 e. The molecule has 0 radical (unpaired) electrons. The minimum atomic E-state index is -3.43. The van der Waals surface area contributed by atoms with E-state index in [0.717, 1.165) is 6.26 Å². The Morgan fingerprint density at radius 1 is 1.39 bits per heavy atom. The lowest BCUT2D eigenvalue weighted by atomic mass is 10.0. The number of hydrogen-bond acceptors (Lipinski definition) is 4. The Labute approximate surface area is 104 Å². The third-order valence-electron chi connectivity index (χ3n) is 3.15. The first-order chi connectivity index (χ1) is 8.30. The van der Waals surface area contributed by atoms with Crippen molar-refractivity contribution in [2.24, 2.45) is 4.99 Å². The Kier molecular flexibility index (Phi) is 2.87. The van der Waals surface area contributed by atoms with Crippen molar-refractivity contribution in [1.29, 1.82) is 0 Å². The number of aryl methyl sites for hydroxylation is 1. The zero-order valence-corrected chi connectivity index (χ0v) is 10.8. The van der Waals surface area contributed by atoms with Gasteiger partial charge in [0, 0.05) is 11.8 Å². The van der Waals surface area contributed by atoms with Gasteiger partial charge in [-0.15, -0.1) is 0 Å². The number of sulfone groups is 1. The molecule has 0 aliphatic heterocycles. The Bertz CT molecular complexity index is 656. The molecule has 0 atom stereocenters. The predicted octanol–water partition coefficient (Wildman–Crippen LogP) is 1.86. The van der Waals surface area contributed by atoms with E-state index in [4.69, 9.17) is 0 Å². The summed E-state index contributed by atoms with van der Waals surface area (Å²) in [7, 11) is -3.43. The highest BCUT2D eigenvalue weighted by molar-refractivity contribution is 7.90. The lowest BCUT2D eigenvalue weighted by Gasteiger charge is -2.13. The molecule has 6 heteroatoms. The minimum absolute atomic E-state index is 0.0753. The highest BCUT2D eigenvalue weighted by Gasteiger charge is 2.47. The van der Waals surface area contributed by atoms with Gasteiger partial charge >= 0.3 is 0 Å². The molecular formula is C12H12FNO3S. The van der Waals surface area contributed by atoms with E-state index in [-0.39, 0.29) is 10.5 Å². The summed E-state index contributed by atoms with van der Waals surface area (Å²) >= 11 is 0. The van der Waals surface area contributed by atoms with Gasteiger partial charge in [0.2, 0.25) is 6.08 Å². The van der Waals surface area contributed by atoms with E-state index in [1.165, 1.54) is 25.1 Å². The highest BCUT2D eigenvalue weighted by atomic mass is 32.2. The summed E-state index contributed by atoms with van der Waals surface area (Å²) in [6.07, 6.45) is 3.56. The van der Waals surface area contributed by atoms with Gasteiger partial charge in [-0.2, -0.15) is 4.99 Å². The number of halogens is 1. The van der Waals surface area contributed by atoms with Crippen LogP contribution in [0.3, 0.4) is 0 Å². The van der Waals surface area contributed by atoms with E-state index in [1.807, 2.05) is 0 Å². The second-order valence-corrected chi connectivity index (χ2v) is 6.59. The van der Waals surface area contributed by atoms with Crippen LogP contribution in [0.25, 0.3) is 0 Å². The molecular weight excluding hydrogens is 257 g/mol. The summed E-state index contributed by atoms with van der Waals surface area (Å²) in [5.41, 5.74) is -0.389. The van der Waals surface area contributed by atoms with Gasteiger partial charge in [0.25, 0.3) is 0 Å². The Balaban J connectivity index is 2.67. The lowest BCUT2D eigenvalue weighted by Crippen LogP contribution is -2.10. The van der Waals surface area contributed by atoms with Gasteiger partial charge in [-0.1, -0.05) is 0 Å². The maximum Gasteiger partial charge on any atom is 0.235 e. The fourth-order valence-corrected chi connectivity index (χ4v) is 3.03. The summed E-state index contributed by atoms with van der Waals surface area (Å²) < 4.78 is 37.1. The van der Waals surface area contributed by atoms with Crippen molar-refractivity contribution in [3.05, 3.63) is 29.1 Å². The summed E-state index contributed by atoms with van der Waals surface area (Å²) in [6, 6.07) is 2.46. The molecule has 1 aromatic rings. The van der Waals surface area contributed by atoms with Crippen molar-refractivity contribution in [2.45, 2.75) is 30.2 Å². The third kappa shape index (κ3) is 2.09. The molecule has 0 N–H and O–H groups in total. The molecule has 1 aliphatic carbocycles. The van der Waals surface area contributed by atoms with Crippen LogP contribution in [0, 0.1) is 12.7 Å². The van der Waals surface area contributed by atoms with Crippen LogP contribution in [-0.2, 0) is 20.2 Å². The number of aliphatic imine (C=N–C) groups is 1. The van der Waals surface area contributed by atoms with Crippen LogP contribution in [0.15, 0.2) is 22.0 Å². The lowest BCUT2D eigenvalue weighted by molar-refractivity contribution is 0.546. The first kappa shape index (κ1) is 12.9. The predicted molar refractivity (Wildman–Crippen MR) is 63.3 cm³/mol. The Morgan fingerprint density at radius 2 is 2.00 bits per heavy atom. The molecule has 1 fully saturated rings. The van der Waals surface area contributed by atoms with Crippen LogP contribution >= 0.6 is 0 Å². The van der Waals surface area contributed by atoms with Crippen molar-refractivity contribution >= 4 is 15.9 Å². The molecule has 0 aromatic heterocycles. The number of rotatable bonds is 3. The van der Waals surface area contributed by atoms with E-state index in [9.17, 15) is 17.6 Å². The monoisotopic (exact) mass is 269 g/mol. The van der Waals surface area contributed by atoms with Gasteiger partial charge < -0.3 is 0 Å². The first-order valence-electron chi connectivity index (χ1n) is 5.40. The summed E-state index contributed by atoms with van der Waals surface area (Å²) in [6.45, 7) is 1.53. The number of hydrogen-bond donors (Lipinski definition) is 0. The molecule has 0 saturated heterocycles. The van der Waals surface area contributed by atoms with Gasteiger partial charge in [-0.3, -0.25) is 0 Å². The van der Waals surface area contributed by atoms with Crippen molar-refractivity contribution in [1.82, 2.24) is 0 Å². The molecule has 0 spiro atoms. The van der Waals surface area contributed by atoms with Crippen LogP contribution in [0.4, 0.5) is 4.39 Å². The van der Waals surface area contributed by atoms with Gasteiger partial charge in [-0.05, 0) is 37.5 Å². The zero-order chi connectivity index (χ0) is 13.6. The summed E-state index contributed by atoms with van der Waals surface area (Å²) in [4.78, 5) is 14.0. The average Bonchev–Trinajstić information content (AvgIpc) is 2.97. The average molecular weight is 269 g/mol. The molecule has 1 aromatic carbocycles. The SMILES string of the molecule is Cc1cc(F)c(C2(N=C=O)CC2)cc1S(C)(=O)=O. The van der Waals surface area contributed by atoms with Gasteiger partial charge in [0.15, 0.2) is 9.84 Å². The molecule has 1 saturated carbocycles. The van der Waals surface area contributed by atoms with Crippen molar-refractivity contribution in [2.75, 3.05) is 6.26 Å². The van der Waals surface area contributed by atoms with Crippen molar-refractivity contribution in [3.63, 3.8) is 0 Å². The maximum atomic E-state index is 13.9. The van der Waals surface area contributed by atoms with Crippen LogP contribution in [-0.4, -0.2) is 20.8 Å². The first-order valence-corrected chi connectivity index (χ1v) is 7.29. The maximum absolute atomic E-state index is 13.9. The van der Waals surface area contributed by atoms with E-state index in [1.54, 1.807) is 0 Å². The fourth-order valence-electron chi connectivity index (χ4n) is 2.06. The van der Waals surface area contributed by atoms with Crippen LogP contribution in [0.5, 0.6) is 0 Å². The third-order valence-corrected chi connectivity index (χ3v) is 4.39. The molecule has 0 amide bonds. The van der Waals surface area contributed by atoms with Crippen LogP contribution in [0.1, 0.15) is 24.0 Å². The molecule has 18 heavy (non-hydrogen) atoms. The quantitative estimate of drug-likeness (QED) is 0.478. The van der Waals surface area contributed by atoms with Crippen LogP contribution in [0.2, 0.25) is 0 Å². The molecule has 2 rings (SSSR count). The van der Waals surface area contributed by atoms with E-state index < -0.39 is 21.2 Å². The van der Waals surface area contributed by atoms with E-state index >= 15 is 0 Å². The summed E-state index contributed by atoms with van der Waals surface area (Å²) in [5.74, 6) is -0.531. The van der Waals surface area contributed by atoms with Gasteiger partial charge in [0.1, 0.15) is 11.4 Å². The molecule has 0 unspecified atom stereocenters. The summed E-state index contributed by atoms with van der Waals surface area (Å²) in [5, 5.41) is 0. The molecule has 0 heterocycles. The standard InChI is InChI=1S/C12H12FNO3S/c1-8-5-10(13)9(6-11(8)18(2,16)17)12(3-4-12)14-7-15/h5-6H,3-4H2,1-2H3. The van der Waals surface area contributed by atoms with Gasteiger partial charge in [-0.25, -0.2) is 17.6 Å². The van der Waals surface area contributed by atoms with E-state index in [2.05, 4.69) is 4.99 Å². The molecule has 1 aliphatic rings. The number of isocyanates is 1. The van der Waals surface area contributed by atoms with E-state index in [0.29, 0.717) is 18.4 Å². The zero-order valence-electron chi connectivity index (χ0n) is 10.0. The normalized spacial score (nSPS) is 17.1. The number of carbonyl (C=O) groups excluding carboxylic acids is 1. The van der Waals surface area contributed by atoms with Crippen LogP contribution < -0.4 is 0 Å². The minimum Gasteiger partial charge on any atom is -0.224 e. The van der Waals surface area contributed by atoms with Crippen molar-refractivity contribution < 1.29 is 17.6 Å². The largest absolute Gasteiger partial charge is 0.235 e. The Hall–Kier alpha value is -1.52. The number of nitrogens with zero attached hydrogens (tertiary/aromatic N) is 1. The number of benzene rings is 1. The Morgan fingerprint density at radius 3 is 2.44 bits per heavy atom. The second-order valence-electron chi connectivity index (χ2n) is 4.60. The second kappa shape index (κ2) is 4.00. The topological polar surface area (TPSA) is 63.6 Å².